The van der Waals surface area contributed by atoms with Crippen LogP contribution in [0, 0.1) is 12.5 Å². The van der Waals surface area contributed by atoms with Gasteiger partial charge in [-0.05, 0) is 7.05 Å². The van der Waals surface area contributed by atoms with E-state index in [0.717, 1.165) is 6.67 Å². The van der Waals surface area contributed by atoms with Crippen LogP contribution in [-0.4, -0.2) is 37.7 Å². The fourth-order valence-corrected chi connectivity index (χ4v) is 0.430. The Labute approximate surface area is 56.6 Å². The van der Waals surface area contributed by atoms with Gasteiger partial charge in [-0.3, -0.25) is 5.43 Å². The van der Waals surface area contributed by atoms with Gasteiger partial charge >= 0.3 is 0 Å². The first kappa shape index (κ1) is 8.28. The van der Waals surface area contributed by atoms with Crippen molar-refractivity contribution in [3.8, 4) is 12.5 Å². The Hall–Kier alpha value is -0.720. The van der Waals surface area contributed by atoms with Crippen LogP contribution in [0.15, 0.2) is 0 Å². The lowest BCUT2D eigenvalue weighted by Crippen LogP contribution is -2.37. The van der Waals surface area contributed by atoms with E-state index in [1.165, 1.54) is 0 Å². The highest BCUT2D eigenvalue weighted by Crippen LogP contribution is 1.78. The van der Waals surface area contributed by atoms with Gasteiger partial charge < -0.3 is 4.90 Å². The highest BCUT2D eigenvalue weighted by Gasteiger charge is 1.93. The zero-order chi connectivity index (χ0) is 7.28. The first-order valence-electron chi connectivity index (χ1n) is 2.76. The van der Waals surface area contributed by atoms with E-state index in [1.807, 2.05) is 26.2 Å². The van der Waals surface area contributed by atoms with Gasteiger partial charge in [0.05, 0.1) is 6.67 Å². The summed E-state index contributed by atoms with van der Waals surface area (Å²) >= 11 is 0. The largest absolute Gasteiger partial charge is 0.321 e. The van der Waals surface area contributed by atoms with E-state index in [0.29, 0.717) is 0 Å². The average Bonchev–Trinajstić information content (AvgIpc) is 1.87. The lowest BCUT2D eigenvalue weighted by molar-refractivity contribution is 0.185. The molecule has 0 spiro atoms. The Morgan fingerprint density at radius 3 is 2.44 bits per heavy atom. The van der Waals surface area contributed by atoms with E-state index in [9.17, 15) is 0 Å². The molecule has 9 heavy (non-hydrogen) atoms. The summed E-state index contributed by atoms with van der Waals surface area (Å²) in [6, 6.07) is 2.48. The second-order valence-electron chi connectivity index (χ2n) is 1.89. The van der Waals surface area contributed by atoms with E-state index in [1.54, 1.807) is 4.90 Å². The summed E-state index contributed by atoms with van der Waals surface area (Å²) in [7, 11) is 5.63. The molecule has 0 saturated carbocycles. The molecule has 0 amide bonds. The number of rotatable bonds is 3. The number of nitrogens with zero attached hydrogens (tertiary/aromatic N) is 2. The molecule has 0 aromatic rings. The number of hydrazine groups is 1. The van der Waals surface area contributed by atoms with Crippen molar-refractivity contribution in [3.63, 3.8) is 0 Å². The van der Waals surface area contributed by atoms with Gasteiger partial charge in [0.25, 0.3) is 0 Å². The molecule has 0 aliphatic rings. The zero-order valence-corrected chi connectivity index (χ0v) is 6.18. The molecule has 0 heterocycles. The molecule has 0 unspecified atom stereocenters. The highest BCUT2D eigenvalue weighted by atomic mass is 15.5. The smallest absolute Gasteiger partial charge is 0.0907 e. The van der Waals surface area contributed by atoms with Crippen molar-refractivity contribution < 1.29 is 0 Å². The van der Waals surface area contributed by atoms with Gasteiger partial charge in [-0.2, -0.15) is 0 Å². The fraction of sp³-hybridized carbons (Fsp3) is 0.667. The first-order valence-corrected chi connectivity index (χ1v) is 2.76. The summed E-state index contributed by atoms with van der Waals surface area (Å²) in [6.07, 6.45) is 5.10. The van der Waals surface area contributed by atoms with Crippen LogP contribution in [0.4, 0.5) is 0 Å². The van der Waals surface area contributed by atoms with Crippen molar-refractivity contribution in [2.24, 2.45) is 0 Å². The van der Waals surface area contributed by atoms with Crippen LogP contribution in [-0.2, 0) is 0 Å². The molecule has 0 fully saturated rings. The van der Waals surface area contributed by atoms with Gasteiger partial charge in [0, 0.05) is 20.1 Å². The third kappa shape index (κ3) is 3.83. The van der Waals surface area contributed by atoms with Crippen LogP contribution in [0.3, 0.4) is 0 Å². The number of nitrogens with one attached hydrogen (secondary N) is 1. The highest BCUT2D eigenvalue weighted by molar-refractivity contribution is 4.80. The Morgan fingerprint density at radius 1 is 1.56 bits per heavy atom. The van der Waals surface area contributed by atoms with Crippen LogP contribution in [0.5, 0.6) is 0 Å². The molecular formula is C6H13N3. The number of hydrogen-bond donors (Lipinski definition) is 1. The van der Waals surface area contributed by atoms with Crippen LogP contribution in [0.25, 0.3) is 0 Å². The SMILES string of the molecule is C#CN(C)CN(C)NC. The van der Waals surface area contributed by atoms with Crippen LogP contribution < -0.4 is 5.43 Å². The number of hydrogen-bond acceptors (Lipinski definition) is 3. The maximum atomic E-state index is 5.10. The predicted octanol–water partition coefficient (Wildman–Crippen LogP) is -0.467. The van der Waals surface area contributed by atoms with Gasteiger partial charge in [-0.25, -0.2) is 5.01 Å². The second kappa shape index (κ2) is 4.19. The summed E-state index contributed by atoms with van der Waals surface area (Å²) in [6.45, 7) is 0.729. The third-order valence-corrected chi connectivity index (χ3v) is 1.03. The third-order valence-electron chi connectivity index (χ3n) is 1.03. The topological polar surface area (TPSA) is 18.5 Å². The zero-order valence-electron chi connectivity index (χ0n) is 6.18. The summed E-state index contributed by atoms with van der Waals surface area (Å²) in [5.41, 5.74) is 2.93. The minimum atomic E-state index is 0.729. The van der Waals surface area contributed by atoms with Crippen LogP contribution in [0.2, 0.25) is 0 Å². The fourth-order valence-electron chi connectivity index (χ4n) is 0.430. The molecule has 0 bridgehead atoms. The molecule has 0 radical (unpaired) electrons. The van der Waals surface area contributed by atoms with Crippen LogP contribution >= 0.6 is 0 Å². The monoisotopic (exact) mass is 127 g/mol. The second-order valence-corrected chi connectivity index (χ2v) is 1.89. The van der Waals surface area contributed by atoms with Crippen molar-refractivity contribution >= 4 is 0 Å². The van der Waals surface area contributed by atoms with Crippen molar-refractivity contribution in [2.45, 2.75) is 0 Å². The summed E-state index contributed by atoms with van der Waals surface area (Å²) in [5, 5.41) is 1.89. The van der Waals surface area contributed by atoms with E-state index in [-0.39, 0.29) is 0 Å². The van der Waals surface area contributed by atoms with Gasteiger partial charge in [0.15, 0.2) is 0 Å². The maximum Gasteiger partial charge on any atom is 0.0907 e. The summed E-state index contributed by atoms with van der Waals surface area (Å²) in [5.74, 6) is 0. The molecular weight excluding hydrogens is 114 g/mol. The molecule has 0 atom stereocenters. The van der Waals surface area contributed by atoms with Crippen molar-refractivity contribution in [2.75, 3.05) is 27.8 Å². The lowest BCUT2D eigenvalue weighted by Gasteiger charge is -2.19. The molecule has 0 aromatic carbocycles. The quantitative estimate of drug-likeness (QED) is 0.239. The Balaban J connectivity index is 3.37. The van der Waals surface area contributed by atoms with Gasteiger partial charge in [-0.1, -0.05) is 6.42 Å². The van der Waals surface area contributed by atoms with E-state index in [4.69, 9.17) is 6.42 Å². The van der Waals surface area contributed by atoms with Gasteiger partial charge in [-0.15, -0.1) is 0 Å². The minimum absolute atomic E-state index is 0.729. The summed E-state index contributed by atoms with van der Waals surface area (Å²) < 4.78 is 0. The standard InChI is InChI=1S/C6H13N3/c1-5-8(3)6-9(4)7-2/h1,7H,6H2,2-4H3. The van der Waals surface area contributed by atoms with E-state index in [2.05, 4.69) is 11.5 Å². The van der Waals surface area contributed by atoms with Crippen molar-refractivity contribution in [3.05, 3.63) is 0 Å². The summed E-state index contributed by atoms with van der Waals surface area (Å²) in [4.78, 5) is 1.75. The molecule has 52 valence electrons. The lowest BCUT2D eigenvalue weighted by atomic mass is 10.8. The molecule has 3 nitrogen and oxygen atoms in total. The van der Waals surface area contributed by atoms with E-state index >= 15 is 0 Å². The molecule has 0 saturated heterocycles. The van der Waals surface area contributed by atoms with E-state index < -0.39 is 0 Å². The molecule has 0 aliphatic carbocycles. The molecule has 0 aliphatic heterocycles. The molecule has 0 aromatic heterocycles. The Bertz CT molecular complexity index is 105. The van der Waals surface area contributed by atoms with Gasteiger partial charge in [0.1, 0.15) is 0 Å². The Kier molecular flexibility index (Phi) is 3.85. The maximum absolute atomic E-state index is 5.10. The average molecular weight is 127 g/mol. The Morgan fingerprint density at radius 2 is 2.11 bits per heavy atom. The van der Waals surface area contributed by atoms with Gasteiger partial charge in [0.2, 0.25) is 0 Å². The minimum Gasteiger partial charge on any atom is -0.321 e. The normalized spacial score (nSPS) is 9.22. The molecule has 1 N–H and O–H groups in total. The number of terminal acetylenes is 1. The predicted molar refractivity (Wildman–Crippen MR) is 38.3 cm³/mol. The first-order chi connectivity index (χ1) is 4.20. The van der Waals surface area contributed by atoms with Crippen LogP contribution in [0.1, 0.15) is 0 Å². The molecule has 0 rings (SSSR count). The molecule has 3 heteroatoms. The van der Waals surface area contributed by atoms with Crippen molar-refractivity contribution in [1.82, 2.24) is 15.3 Å². The van der Waals surface area contributed by atoms with Crippen molar-refractivity contribution in [1.29, 1.82) is 0 Å².